The van der Waals surface area contributed by atoms with Crippen molar-refractivity contribution in [3.8, 4) is 50.6 Å². The second-order valence-electron chi connectivity index (χ2n) is 11.1. The van der Waals surface area contributed by atoms with Crippen molar-refractivity contribution in [2.24, 2.45) is 0 Å². The average Bonchev–Trinajstić information content (AvgIpc) is 3.40. The van der Waals surface area contributed by atoms with Gasteiger partial charge in [-0.05, 0) is 89.3 Å². The fraction of sp³-hybridized carbons (Fsp3) is 0. The number of allylic oxidation sites excluding steroid dienone is 6. The summed E-state index contributed by atoms with van der Waals surface area (Å²) in [6.07, 6.45) is 7.09. The Morgan fingerprint density at radius 2 is 1.11 bits per heavy atom. The van der Waals surface area contributed by atoms with Gasteiger partial charge in [0.1, 0.15) is 11.8 Å². The Bertz CT molecular complexity index is 2260. The van der Waals surface area contributed by atoms with E-state index in [4.69, 9.17) is 16.1 Å². The predicted molar refractivity (Wildman–Crippen MR) is 183 cm³/mol. The van der Waals surface area contributed by atoms with Gasteiger partial charge in [-0.15, -0.1) is 0 Å². The lowest BCUT2D eigenvalue weighted by atomic mass is 9.82. The molecule has 3 nitrogen and oxygen atoms in total. The fourth-order valence-corrected chi connectivity index (χ4v) is 6.90. The zero-order valence-electron chi connectivity index (χ0n) is 23.7. The minimum absolute atomic E-state index is 0.162. The normalized spacial score (nSPS) is 14.1. The van der Waals surface area contributed by atoms with Gasteiger partial charge in [0.2, 0.25) is 0 Å². The summed E-state index contributed by atoms with van der Waals surface area (Å²) in [6.45, 7) is 0. The van der Waals surface area contributed by atoms with E-state index in [0.717, 1.165) is 16.5 Å². The van der Waals surface area contributed by atoms with Crippen molar-refractivity contribution >= 4 is 38.5 Å². The molecule has 0 spiro atoms. The van der Waals surface area contributed by atoms with Gasteiger partial charge in [0, 0.05) is 5.57 Å². The van der Waals surface area contributed by atoms with E-state index in [2.05, 4.69) is 115 Å². The molecule has 0 unspecified atom stereocenters. The number of hydrogen-bond donors (Lipinski definition) is 2. The van der Waals surface area contributed by atoms with Crippen LogP contribution in [0, 0.1) is 22.1 Å². The molecular weight excluding hydrogens is 534 g/mol. The highest BCUT2D eigenvalue weighted by molar-refractivity contribution is 6.29. The summed E-state index contributed by atoms with van der Waals surface area (Å²) in [4.78, 5) is 0. The molecule has 0 amide bonds. The van der Waals surface area contributed by atoms with Crippen LogP contribution in [-0.4, -0.2) is 11.4 Å². The molecule has 0 atom stereocenters. The van der Waals surface area contributed by atoms with Gasteiger partial charge in [0.05, 0.1) is 5.71 Å². The maximum Gasteiger partial charge on any atom is 0.132 e. The zero-order chi connectivity index (χ0) is 29.8. The van der Waals surface area contributed by atoms with E-state index in [0.29, 0.717) is 5.57 Å². The summed E-state index contributed by atoms with van der Waals surface area (Å²) in [7, 11) is 0. The second kappa shape index (κ2) is 10.0. The molecule has 44 heavy (non-hydrogen) atoms. The lowest BCUT2D eigenvalue weighted by molar-refractivity contribution is 1.47. The molecule has 2 N–H and O–H groups in total. The Morgan fingerprint density at radius 1 is 0.568 bits per heavy atom. The molecule has 0 bridgehead atoms. The van der Waals surface area contributed by atoms with Crippen LogP contribution in [0.4, 0.5) is 0 Å². The molecule has 2 aliphatic rings. The minimum atomic E-state index is -0.162. The topological polar surface area (TPSA) is 71.5 Å². The fourth-order valence-electron chi connectivity index (χ4n) is 6.90. The van der Waals surface area contributed by atoms with Gasteiger partial charge >= 0.3 is 0 Å². The lowest BCUT2D eigenvalue weighted by Gasteiger charge is -2.20. The third-order valence-corrected chi connectivity index (χ3v) is 8.70. The van der Waals surface area contributed by atoms with Gasteiger partial charge in [-0.1, -0.05) is 127 Å². The smallest absolute Gasteiger partial charge is 0.132 e. The van der Waals surface area contributed by atoms with Crippen LogP contribution in [0.15, 0.2) is 145 Å². The van der Waals surface area contributed by atoms with Crippen LogP contribution in [0.25, 0.3) is 71.6 Å². The van der Waals surface area contributed by atoms with Crippen molar-refractivity contribution in [3.05, 3.63) is 151 Å². The van der Waals surface area contributed by atoms with Gasteiger partial charge < -0.3 is 5.41 Å². The van der Waals surface area contributed by atoms with Crippen LogP contribution in [0.2, 0.25) is 0 Å². The first-order valence-corrected chi connectivity index (χ1v) is 14.6. The van der Waals surface area contributed by atoms with Crippen molar-refractivity contribution in [2.75, 3.05) is 0 Å². The molecule has 0 radical (unpaired) electrons. The van der Waals surface area contributed by atoms with E-state index >= 15 is 0 Å². The van der Waals surface area contributed by atoms with Gasteiger partial charge in [-0.2, -0.15) is 5.26 Å². The molecule has 3 heteroatoms. The van der Waals surface area contributed by atoms with Crippen molar-refractivity contribution in [1.29, 1.82) is 16.1 Å². The van der Waals surface area contributed by atoms with Crippen LogP contribution < -0.4 is 0 Å². The van der Waals surface area contributed by atoms with E-state index in [-0.39, 0.29) is 11.4 Å². The zero-order valence-corrected chi connectivity index (χ0v) is 23.7. The third kappa shape index (κ3) is 3.82. The molecule has 6 aromatic rings. The maximum absolute atomic E-state index is 9.05. The number of rotatable bonds is 4. The monoisotopic (exact) mass is 559 g/mol. The largest absolute Gasteiger partial charge is 0.300 e. The molecule has 0 fully saturated rings. The molecule has 0 heterocycles. The average molecular weight is 560 g/mol. The quantitative estimate of drug-likeness (QED) is 0.207. The molecule has 204 valence electrons. The lowest BCUT2D eigenvalue weighted by Crippen LogP contribution is -2.03. The number of nitriles is 1. The predicted octanol–water partition coefficient (Wildman–Crippen LogP) is 10.4. The first kappa shape index (κ1) is 25.6. The Morgan fingerprint density at radius 3 is 1.70 bits per heavy atom. The highest BCUT2D eigenvalue weighted by atomic mass is 14.4. The van der Waals surface area contributed by atoms with E-state index in [1.165, 1.54) is 66.7 Å². The Hall–Kier alpha value is -6.11. The van der Waals surface area contributed by atoms with Crippen molar-refractivity contribution < 1.29 is 0 Å². The van der Waals surface area contributed by atoms with Gasteiger partial charge in [-0.25, -0.2) is 0 Å². The Kier molecular flexibility index (Phi) is 5.82. The number of nitrogens with zero attached hydrogens (tertiary/aromatic N) is 1. The van der Waals surface area contributed by atoms with E-state index in [1.807, 2.05) is 24.3 Å². The van der Waals surface area contributed by atoms with Crippen LogP contribution >= 0.6 is 0 Å². The van der Waals surface area contributed by atoms with Crippen molar-refractivity contribution in [2.45, 2.75) is 0 Å². The summed E-state index contributed by atoms with van der Waals surface area (Å²) in [5.74, 6) is 0. The summed E-state index contributed by atoms with van der Waals surface area (Å²) < 4.78 is 0. The highest BCUT2D eigenvalue weighted by Gasteiger charge is 2.31. The third-order valence-electron chi connectivity index (χ3n) is 8.70. The van der Waals surface area contributed by atoms with Crippen LogP contribution in [0.1, 0.15) is 5.56 Å². The number of hydrogen-bond acceptors (Lipinski definition) is 3. The maximum atomic E-state index is 9.05. The Balaban J connectivity index is 1.45. The molecule has 0 aromatic heterocycles. The second-order valence-corrected chi connectivity index (χ2v) is 11.1. The molecule has 0 saturated heterocycles. The number of nitrogens with one attached hydrogen (secondary N) is 2. The number of benzene rings is 6. The molecule has 2 aliphatic carbocycles. The first-order chi connectivity index (χ1) is 21.6. The standard InChI is InChI=1S/C41H25N3/c42-24-29(43)22-28-19-18-27(23-36(28)44)30-20-21-35-39-31(30)16-9-17-34(39)40-37(25-10-3-1-4-11-25)32-14-7-8-15-33(32)38(41(35)40)26-12-5-2-6-13-26/h1-23,43-44H/b28-22-,43-29?,44-36?. The number of fused-ring (bicyclic) bond motifs is 4. The summed E-state index contributed by atoms with van der Waals surface area (Å²) in [6, 6.07) is 43.0. The SMILES string of the molecule is N#CC(=N)/C=C1/C=CC(c2ccc3c4c(cccc24)-c2c-3c(-c3ccccc3)c3ccccc3c2-c2ccccc2)=CC1=N. The van der Waals surface area contributed by atoms with Crippen molar-refractivity contribution in [3.63, 3.8) is 0 Å². The highest BCUT2D eigenvalue weighted by Crippen LogP contribution is 2.58. The minimum Gasteiger partial charge on any atom is -0.300 e. The van der Waals surface area contributed by atoms with Gasteiger partial charge in [0.15, 0.2) is 0 Å². The van der Waals surface area contributed by atoms with Crippen LogP contribution in [0.5, 0.6) is 0 Å². The molecule has 0 saturated carbocycles. The molecule has 6 aromatic carbocycles. The van der Waals surface area contributed by atoms with E-state index < -0.39 is 0 Å². The summed E-state index contributed by atoms with van der Waals surface area (Å²) in [5, 5.41) is 30.2. The molecule has 0 aliphatic heterocycles. The molecule has 8 rings (SSSR count). The first-order valence-electron chi connectivity index (χ1n) is 14.6. The summed E-state index contributed by atoms with van der Waals surface area (Å²) in [5.41, 5.74) is 12.5. The van der Waals surface area contributed by atoms with E-state index in [9.17, 15) is 0 Å². The van der Waals surface area contributed by atoms with Gasteiger partial charge in [-0.3, -0.25) is 5.41 Å². The van der Waals surface area contributed by atoms with Crippen LogP contribution in [0.3, 0.4) is 0 Å². The van der Waals surface area contributed by atoms with Gasteiger partial charge in [0.25, 0.3) is 0 Å². The Labute approximate surface area is 255 Å². The van der Waals surface area contributed by atoms with E-state index in [1.54, 1.807) is 0 Å². The summed E-state index contributed by atoms with van der Waals surface area (Å²) >= 11 is 0. The molecular formula is C41H25N3. The van der Waals surface area contributed by atoms with Crippen molar-refractivity contribution in [1.82, 2.24) is 0 Å². The van der Waals surface area contributed by atoms with Crippen LogP contribution in [-0.2, 0) is 0 Å².